The molecule has 23 heavy (non-hydrogen) atoms. The number of hydrogen-bond acceptors (Lipinski definition) is 4. The Morgan fingerprint density at radius 2 is 2.30 bits per heavy atom. The molecular formula is C18H22FNO2S. The maximum absolute atomic E-state index is 13.3. The van der Waals surface area contributed by atoms with Crippen molar-refractivity contribution in [2.24, 2.45) is 0 Å². The molecule has 3 rings (SSSR count). The van der Waals surface area contributed by atoms with Crippen LogP contribution in [0.25, 0.3) is 0 Å². The quantitative estimate of drug-likeness (QED) is 0.907. The zero-order valence-electron chi connectivity index (χ0n) is 13.2. The number of ether oxygens (including phenoxy) is 1. The standard InChI is InChI=1S/C18H22FNO2S/c1-13-9-15(19)5-4-14(13)11-20-6-7-22-12-16(20)10-17(21)18-3-2-8-23-18/h2-5,8-9,16-17,21H,6-7,10-12H2,1H3. The summed E-state index contributed by atoms with van der Waals surface area (Å²) in [6, 6.07) is 9.04. The molecule has 3 nitrogen and oxygen atoms in total. The average Bonchev–Trinajstić information content (AvgIpc) is 3.06. The second-order valence-electron chi connectivity index (χ2n) is 6.04. The van der Waals surface area contributed by atoms with Gasteiger partial charge in [0.2, 0.25) is 0 Å². The van der Waals surface area contributed by atoms with Gasteiger partial charge >= 0.3 is 0 Å². The van der Waals surface area contributed by atoms with E-state index in [4.69, 9.17) is 4.74 Å². The van der Waals surface area contributed by atoms with Gasteiger partial charge in [-0.25, -0.2) is 4.39 Å². The first-order chi connectivity index (χ1) is 11.1. The number of rotatable bonds is 5. The highest BCUT2D eigenvalue weighted by molar-refractivity contribution is 7.10. The van der Waals surface area contributed by atoms with E-state index in [0.717, 1.165) is 29.1 Å². The van der Waals surface area contributed by atoms with E-state index in [1.165, 1.54) is 6.07 Å². The molecule has 2 unspecified atom stereocenters. The minimum atomic E-state index is -0.460. The molecule has 0 amide bonds. The van der Waals surface area contributed by atoms with Gasteiger partial charge in [0.25, 0.3) is 0 Å². The monoisotopic (exact) mass is 335 g/mol. The van der Waals surface area contributed by atoms with Gasteiger partial charge in [-0.05, 0) is 48.1 Å². The molecule has 2 aromatic rings. The summed E-state index contributed by atoms with van der Waals surface area (Å²) in [6.07, 6.45) is 0.194. The van der Waals surface area contributed by atoms with Crippen LogP contribution in [0.2, 0.25) is 0 Å². The van der Waals surface area contributed by atoms with Crippen molar-refractivity contribution >= 4 is 11.3 Å². The number of benzene rings is 1. The van der Waals surface area contributed by atoms with Crippen molar-refractivity contribution in [3.63, 3.8) is 0 Å². The average molecular weight is 335 g/mol. The van der Waals surface area contributed by atoms with E-state index in [1.807, 2.05) is 30.5 Å². The van der Waals surface area contributed by atoms with Crippen molar-refractivity contribution < 1.29 is 14.2 Å². The number of aliphatic hydroxyl groups is 1. The highest BCUT2D eigenvalue weighted by Gasteiger charge is 2.26. The molecule has 2 heterocycles. The van der Waals surface area contributed by atoms with Crippen molar-refractivity contribution in [1.82, 2.24) is 4.90 Å². The number of aryl methyl sites for hydroxylation is 1. The molecule has 1 aromatic carbocycles. The van der Waals surface area contributed by atoms with Crippen molar-refractivity contribution in [2.45, 2.75) is 32.0 Å². The highest BCUT2D eigenvalue weighted by atomic mass is 32.1. The van der Waals surface area contributed by atoms with Crippen LogP contribution in [0, 0.1) is 12.7 Å². The highest BCUT2D eigenvalue weighted by Crippen LogP contribution is 2.27. The van der Waals surface area contributed by atoms with Gasteiger partial charge in [0.15, 0.2) is 0 Å². The number of hydrogen-bond donors (Lipinski definition) is 1. The van der Waals surface area contributed by atoms with Crippen molar-refractivity contribution in [3.8, 4) is 0 Å². The van der Waals surface area contributed by atoms with Gasteiger partial charge in [0, 0.05) is 24.0 Å². The summed E-state index contributed by atoms with van der Waals surface area (Å²) in [5.74, 6) is -0.196. The van der Waals surface area contributed by atoms with Crippen LogP contribution >= 0.6 is 11.3 Å². The molecule has 1 aromatic heterocycles. The van der Waals surface area contributed by atoms with E-state index in [-0.39, 0.29) is 11.9 Å². The third-order valence-electron chi connectivity index (χ3n) is 4.39. The lowest BCUT2D eigenvalue weighted by molar-refractivity contribution is -0.0297. The Morgan fingerprint density at radius 1 is 1.43 bits per heavy atom. The first-order valence-corrected chi connectivity index (χ1v) is 8.80. The van der Waals surface area contributed by atoms with Gasteiger partial charge in [-0.3, -0.25) is 4.90 Å². The van der Waals surface area contributed by atoms with Gasteiger partial charge in [0.05, 0.1) is 19.3 Å². The number of thiophene rings is 1. The Morgan fingerprint density at radius 3 is 3.04 bits per heavy atom. The lowest BCUT2D eigenvalue weighted by Crippen LogP contribution is -2.45. The SMILES string of the molecule is Cc1cc(F)ccc1CN1CCOCC1CC(O)c1cccs1. The van der Waals surface area contributed by atoms with Crippen LogP contribution < -0.4 is 0 Å². The molecular weight excluding hydrogens is 313 g/mol. The van der Waals surface area contributed by atoms with Gasteiger partial charge in [-0.1, -0.05) is 12.1 Å². The maximum atomic E-state index is 13.3. The van der Waals surface area contributed by atoms with Crippen LogP contribution in [0.4, 0.5) is 4.39 Å². The van der Waals surface area contributed by atoms with Gasteiger partial charge in [-0.2, -0.15) is 0 Å². The summed E-state index contributed by atoms with van der Waals surface area (Å²) < 4.78 is 18.9. The smallest absolute Gasteiger partial charge is 0.123 e. The van der Waals surface area contributed by atoms with Crippen LogP contribution in [0.5, 0.6) is 0 Å². The third kappa shape index (κ3) is 4.18. The largest absolute Gasteiger partial charge is 0.388 e. The van der Waals surface area contributed by atoms with E-state index in [9.17, 15) is 9.50 Å². The molecule has 0 spiro atoms. The Labute approximate surface area is 140 Å². The fraction of sp³-hybridized carbons (Fsp3) is 0.444. The van der Waals surface area contributed by atoms with E-state index < -0.39 is 6.10 Å². The molecule has 1 aliphatic heterocycles. The van der Waals surface area contributed by atoms with Crippen LogP contribution in [-0.2, 0) is 11.3 Å². The second kappa shape index (κ2) is 7.53. The van der Waals surface area contributed by atoms with Crippen molar-refractivity contribution in [1.29, 1.82) is 0 Å². The molecule has 1 fully saturated rings. The molecule has 0 bridgehead atoms. The number of nitrogens with zero attached hydrogens (tertiary/aromatic N) is 1. The van der Waals surface area contributed by atoms with Crippen molar-refractivity contribution in [2.75, 3.05) is 19.8 Å². The first kappa shape index (κ1) is 16.6. The molecule has 0 saturated carbocycles. The molecule has 1 saturated heterocycles. The lowest BCUT2D eigenvalue weighted by atomic mass is 10.0. The summed E-state index contributed by atoms with van der Waals surface area (Å²) >= 11 is 1.58. The number of aliphatic hydroxyl groups excluding tert-OH is 1. The number of morpholine rings is 1. The summed E-state index contributed by atoms with van der Waals surface area (Å²) in [5, 5.41) is 12.4. The normalized spacial score (nSPS) is 20.6. The van der Waals surface area contributed by atoms with Crippen LogP contribution in [0.15, 0.2) is 35.7 Å². The Kier molecular flexibility index (Phi) is 5.43. The summed E-state index contributed by atoms with van der Waals surface area (Å²) in [5.41, 5.74) is 2.10. The predicted octanol–water partition coefficient (Wildman–Crippen LogP) is 3.52. The van der Waals surface area contributed by atoms with Gasteiger partial charge < -0.3 is 9.84 Å². The molecule has 5 heteroatoms. The lowest BCUT2D eigenvalue weighted by Gasteiger charge is -2.36. The molecule has 124 valence electrons. The fourth-order valence-corrected chi connectivity index (χ4v) is 3.75. The maximum Gasteiger partial charge on any atom is 0.123 e. The zero-order chi connectivity index (χ0) is 16.2. The summed E-state index contributed by atoms with van der Waals surface area (Å²) in [4.78, 5) is 3.33. The molecule has 1 aliphatic rings. The zero-order valence-corrected chi connectivity index (χ0v) is 14.1. The fourth-order valence-electron chi connectivity index (χ4n) is 3.02. The molecule has 0 aliphatic carbocycles. The second-order valence-corrected chi connectivity index (χ2v) is 7.02. The Hall–Kier alpha value is -1.27. The number of halogens is 1. The molecule has 2 atom stereocenters. The summed E-state index contributed by atoms with van der Waals surface area (Å²) in [6.45, 7) is 4.86. The summed E-state index contributed by atoms with van der Waals surface area (Å²) in [7, 11) is 0. The van der Waals surface area contributed by atoms with Crippen LogP contribution in [0.1, 0.15) is 28.5 Å². The van der Waals surface area contributed by atoms with E-state index in [2.05, 4.69) is 4.90 Å². The molecule has 0 radical (unpaired) electrons. The van der Waals surface area contributed by atoms with E-state index >= 15 is 0 Å². The molecule has 1 N–H and O–H groups in total. The van der Waals surface area contributed by atoms with E-state index in [0.29, 0.717) is 19.6 Å². The van der Waals surface area contributed by atoms with Crippen LogP contribution in [-0.4, -0.2) is 35.8 Å². The van der Waals surface area contributed by atoms with Gasteiger partial charge in [-0.15, -0.1) is 11.3 Å². The van der Waals surface area contributed by atoms with Crippen molar-refractivity contribution in [3.05, 3.63) is 57.5 Å². The van der Waals surface area contributed by atoms with Crippen LogP contribution in [0.3, 0.4) is 0 Å². The Bertz CT molecular complexity index is 632. The topological polar surface area (TPSA) is 32.7 Å². The van der Waals surface area contributed by atoms with Gasteiger partial charge in [0.1, 0.15) is 5.82 Å². The first-order valence-electron chi connectivity index (χ1n) is 7.92. The minimum absolute atomic E-state index is 0.172. The van der Waals surface area contributed by atoms with E-state index in [1.54, 1.807) is 17.4 Å². The predicted molar refractivity (Wildman–Crippen MR) is 90.0 cm³/mol. The third-order valence-corrected chi connectivity index (χ3v) is 5.37. The minimum Gasteiger partial charge on any atom is -0.388 e. The Balaban J connectivity index is 1.68.